The Morgan fingerprint density at radius 3 is 2.62 bits per heavy atom. The van der Waals surface area contributed by atoms with Gasteiger partial charge in [-0.1, -0.05) is 12.8 Å². The normalized spacial score (nSPS) is 16.5. The maximum absolute atomic E-state index is 12.6. The summed E-state index contributed by atoms with van der Waals surface area (Å²) in [6.07, 6.45) is 7.39. The van der Waals surface area contributed by atoms with Crippen LogP contribution in [0.4, 0.5) is 0 Å². The lowest BCUT2D eigenvalue weighted by Crippen LogP contribution is -2.49. The molecule has 7 heteroatoms. The molecule has 1 heterocycles. The van der Waals surface area contributed by atoms with Crippen LogP contribution in [0, 0.1) is 12.3 Å². The molecular formula is C19H33N5OS. The summed E-state index contributed by atoms with van der Waals surface area (Å²) < 4.78 is 0. The van der Waals surface area contributed by atoms with Crippen LogP contribution in [0.3, 0.4) is 0 Å². The molecule has 1 aliphatic carbocycles. The van der Waals surface area contributed by atoms with Crippen LogP contribution in [0.25, 0.3) is 0 Å². The van der Waals surface area contributed by atoms with Crippen LogP contribution >= 0.6 is 11.3 Å². The second-order valence-electron chi connectivity index (χ2n) is 7.38. The van der Waals surface area contributed by atoms with Gasteiger partial charge in [-0.2, -0.15) is 0 Å². The highest BCUT2D eigenvalue weighted by molar-refractivity contribution is 7.09. The summed E-state index contributed by atoms with van der Waals surface area (Å²) in [4.78, 5) is 23.2. The number of rotatable bonds is 8. The van der Waals surface area contributed by atoms with Crippen molar-refractivity contribution in [1.29, 1.82) is 0 Å². The number of hydrogen-bond acceptors (Lipinski definition) is 4. The molecule has 1 amide bonds. The molecule has 0 radical (unpaired) electrons. The van der Waals surface area contributed by atoms with Gasteiger partial charge >= 0.3 is 0 Å². The van der Waals surface area contributed by atoms with Gasteiger partial charge in [0.25, 0.3) is 0 Å². The van der Waals surface area contributed by atoms with Gasteiger partial charge in [0.1, 0.15) is 0 Å². The third-order valence-electron chi connectivity index (χ3n) is 5.01. The molecule has 0 aromatic carbocycles. The first-order valence-corrected chi connectivity index (χ1v) is 10.4. The highest BCUT2D eigenvalue weighted by Crippen LogP contribution is 2.38. The number of amides is 1. The maximum Gasteiger partial charge on any atom is 0.230 e. The van der Waals surface area contributed by atoms with Crippen molar-refractivity contribution in [3.05, 3.63) is 16.1 Å². The lowest BCUT2D eigenvalue weighted by atomic mass is 9.84. The van der Waals surface area contributed by atoms with Gasteiger partial charge in [-0.05, 0) is 39.0 Å². The number of aryl methyl sites for hydroxylation is 2. The summed E-state index contributed by atoms with van der Waals surface area (Å²) >= 11 is 1.74. The number of hydrogen-bond donors (Lipinski definition) is 2. The minimum absolute atomic E-state index is 0.233. The standard InChI is InChI=1S/C19H33N5OS/c1-15-13-26-16(23-15)9-5-8-12-21-18(20-2)22-14-19(10-6-7-11-19)17(25)24(3)4/h13H,5-12,14H2,1-4H3,(H2,20,21,22). The number of thiazole rings is 1. The number of aromatic nitrogens is 1. The fourth-order valence-electron chi connectivity index (χ4n) is 3.59. The molecule has 1 aromatic heterocycles. The van der Waals surface area contributed by atoms with E-state index in [9.17, 15) is 4.79 Å². The molecule has 0 spiro atoms. The molecule has 0 unspecified atom stereocenters. The molecule has 2 rings (SSSR count). The number of aliphatic imine (C=N–C) groups is 1. The smallest absolute Gasteiger partial charge is 0.230 e. The second-order valence-corrected chi connectivity index (χ2v) is 8.32. The van der Waals surface area contributed by atoms with Crippen LogP contribution in [-0.4, -0.2) is 56.0 Å². The molecule has 1 saturated carbocycles. The number of nitrogens with zero attached hydrogens (tertiary/aromatic N) is 3. The van der Waals surface area contributed by atoms with Crippen molar-refractivity contribution in [1.82, 2.24) is 20.5 Å². The van der Waals surface area contributed by atoms with Crippen molar-refractivity contribution >= 4 is 23.2 Å². The van der Waals surface area contributed by atoms with Gasteiger partial charge in [0.15, 0.2) is 5.96 Å². The molecule has 6 nitrogen and oxygen atoms in total. The number of carbonyl (C=O) groups is 1. The van der Waals surface area contributed by atoms with Crippen molar-refractivity contribution in [2.24, 2.45) is 10.4 Å². The summed E-state index contributed by atoms with van der Waals surface area (Å²) in [5.74, 6) is 1.02. The third-order valence-corrected chi connectivity index (χ3v) is 6.04. The Balaban J connectivity index is 1.72. The van der Waals surface area contributed by atoms with Gasteiger partial charge in [0.05, 0.1) is 10.4 Å². The molecule has 2 N–H and O–H groups in total. The highest BCUT2D eigenvalue weighted by Gasteiger charge is 2.42. The summed E-state index contributed by atoms with van der Waals surface area (Å²) in [5, 5.41) is 10.1. The number of unbranched alkanes of at least 4 members (excludes halogenated alkanes) is 1. The molecule has 1 fully saturated rings. The number of nitrogens with one attached hydrogen (secondary N) is 2. The summed E-state index contributed by atoms with van der Waals surface area (Å²) in [6.45, 7) is 3.57. The highest BCUT2D eigenvalue weighted by atomic mass is 32.1. The number of carbonyl (C=O) groups excluding carboxylic acids is 1. The van der Waals surface area contributed by atoms with Gasteiger partial charge in [-0.25, -0.2) is 4.98 Å². The van der Waals surface area contributed by atoms with E-state index in [-0.39, 0.29) is 11.3 Å². The van der Waals surface area contributed by atoms with E-state index in [1.807, 2.05) is 21.0 Å². The Morgan fingerprint density at radius 1 is 1.31 bits per heavy atom. The third kappa shape index (κ3) is 5.69. The van der Waals surface area contributed by atoms with E-state index in [0.29, 0.717) is 6.54 Å². The zero-order valence-corrected chi connectivity index (χ0v) is 17.4. The van der Waals surface area contributed by atoms with E-state index < -0.39 is 0 Å². The Labute approximate surface area is 161 Å². The van der Waals surface area contributed by atoms with Crippen LogP contribution in [-0.2, 0) is 11.2 Å². The quantitative estimate of drug-likeness (QED) is 0.414. The predicted molar refractivity (Wildman–Crippen MR) is 109 cm³/mol. The molecule has 0 atom stereocenters. The molecule has 1 aromatic rings. The first-order valence-electron chi connectivity index (χ1n) is 9.54. The van der Waals surface area contributed by atoms with Crippen molar-refractivity contribution in [2.45, 2.75) is 51.9 Å². The Bertz CT molecular complexity index is 605. The van der Waals surface area contributed by atoms with E-state index in [4.69, 9.17) is 0 Å². The van der Waals surface area contributed by atoms with Crippen LogP contribution in [0.5, 0.6) is 0 Å². The number of guanidine groups is 1. The van der Waals surface area contributed by atoms with Crippen molar-refractivity contribution in [2.75, 3.05) is 34.2 Å². The lowest BCUT2D eigenvalue weighted by Gasteiger charge is -2.31. The van der Waals surface area contributed by atoms with Crippen LogP contribution in [0.1, 0.15) is 49.2 Å². The largest absolute Gasteiger partial charge is 0.356 e. The monoisotopic (exact) mass is 379 g/mol. The fraction of sp³-hybridized carbons (Fsp3) is 0.737. The SMILES string of the molecule is CN=C(NCCCCc1nc(C)cs1)NCC1(C(=O)N(C)C)CCCC1. The fourth-order valence-corrected chi connectivity index (χ4v) is 4.41. The summed E-state index contributed by atoms with van der Waals surface area (Å²) in [5.41, 5.74) is 0.838. The molecule has 0 aliphatic heterocycles. The van der Waals surface area contributed by atoms with Crippen LogP contribution in [0.2, 0.25) is 0 Å². The average molecular weight is 380 g/mol. The molecule has 1 aliphatic rings. The van der Waals surface area contributed by atoms with E-state index in [2.05, 4.69) is 26.0 Å². The molecular weight excluding hydrogens is 346 g/mol. The molecule has 0 bridgehead atoms. The van der Waals surface area contributed by atoms with E-state index in [0.717, 1.165) is 63.1 Å². The Morgan fingerprint density at radius 2 is 2.04 bits per heavy atom. The lowest BCUT2D eigenvalue weighted by molar-refractivity contribution is -0.138. The van der Waals surface area contributed by atoms with Crippen molar-refractivity contribution in [3.8, 4) is 0 Å². The van der Waals surface area contributed by atoms with Gasteiger partial charge in [-0.3, -0.25) is 9.79 Å². The van der Waals surface area contributed by atoms with Gasteiger partial charge in [0, 0.05) is 45.3 Å². The Hall–Kier alpha value is -1.63. The minimum Gasteiger partial charge on any atom is -0.356 e. The minimum atomic E-state index is -0.274. The van der Waals surface area contributed by atoms with Crippen molar-refractivity contribution in [3.63, 3.8) is 0 Å². The van der Waals surface area contributed by atoms with Crippen LogP contribution in [0.15, 0.2) is 10.4 Å². The van der Waals surface area contributed by atoms with E-state index >= 15 is 0 Å². The summed E-state index contributed by atoms with van der Waals surface area (Å²) in [6, 6.07) is 0. The first kappa shape index (κ1) is 20.7. The molecule has 146 valence electrons. The zero-order valence-electron chi connectivity index (χ0n) is 16.6. The second kappa shape index (κ2) is 9.90. The van der Waals surface area contributed by atoms with Gasteiger partial charge < -0.3 is 15.5 Å². The first-order chi connectivity index (χ1) is 12.5. The maximum atomic E-state index is 12.6. The summed E-state index contributed by atoms with van der Waals surface area (Å²) in [7, 11) is 5.47. The van der Waals surface area contributed by atoms with Crippen molar-refractivity contribution < 1.29 is 4.79 Å². The average Bonchev–Trinajstić information content (AvgIpc) is 3.26. The predicted octanol–water partition coefficient (Wildman–Crippen LogP) is 2.59. The van der Waals surface area contributed by atoms with E-state index in [1.165, 1.54) is 5.01 Å². The van der Waals surface area contributed by atoms with E-state index in [1.54, 1.807) is 23.3 Å². The topological polar surface area (TPSA) is 69.6 Å². The Kier molecular flexibility index (Phi) is 7.87. The molecule has 0 saturated heterocycles. The van der Waals surface area contributed by atoms with Gasteiger partial charge in [-0.15, -0.1) is 11.3 Å². The zero-order chi connectivity index (χ0) is 19.0. The van der Waals surface area contributed by atoms with Gasteiger partial charge in [0.2, 0.25) is 5.91 Å². The van der Waals surface area contributed by atoms with Crippen LogP contribution < -0.4 is 10.6 Å². The molecule has 26 heavy (non-hydrogen) atoms.